The molecule has 0 unspecified atom stereocenters. The minimum atomic E-state index is -0.890. The number of halogens is 2. The van der Waals surface area contributed by atoms with Gasteiger partial charge in [0.2, 0.25) is 11.8 Å². The summed E-state index contributed by atoms with van der Waals surface area (Å²) in [5, 5.41) is 7.30. The van der Waals surface area contributed by atoms with Crippen LogP contribution in [-0.4, -0.2) is 18.4 Å². The van der Waals surface area contributed by atoms with Crippen LogP contribution < -0.4 is 10.6 Å². The molecule has 144 valence electrons. The molecule has 2 aromatic rings. The van der Waals surface area contributed by atoms with Crippen LogP contribution in [0.15, 0.2) is 42.5 Å². The molecule has 2 amide bonds. The minimum Gasteiger partial charge on any atom is -0.356 e. The Hall–Kier alpha value is -2.04. The summed E-state index contributed by atoms with van der Waals surface area (Å²) in [5.41, 5.74) is 1.60. The van der Waals surface area contributed by atoms with Crippen LogP contribution in [0.3, 0.4) is 0 Å². The predicted molar refractivity (Wildman–Crippen MR) is 110 cm³/mol. The van der Waals surface area contributed by atoms with Gasteiger partial charge in [0.05, 0.1) is 5.41 Å². The summed E-state index contributed by atoms with van der Waals surface area (Å²) in [6.45, 7) is 0.485. The fourth-order valence-corrected chi connectivity index (χ4v) is 5.81. The number of amides is 2. The van der Waals surface area contributed by atoms with Gasteiger partial charge < -0.3 is 10.6 Å². The zero-order valence-electron chi connectivity index (χ0n) is 15.2. The van der Waals surface area contributed by atoms with E-state index in [1.165, 1.54) is 0 Å². The van der Waals surface area contributed by atoms with Crippen LogP contribution in [0, 0.1) is 11.8 Å². The van der Waals surface area contributed by atoms with Gasteiger partial charge in [-0.2, -0.15) is 0 Å². The van der Waals surface area contributed by atoms with Crippen molar-refractivity contribution >= 4 is 40.7 Å². The maximum atomic E-state index is 13.7. The number of nitrogens with one attached hydrogen (secondary N) is 2. The van der Waals surface area contributed by atoms with E-state index in [1.54, 1.807) is 0 Å². The Balaban J connectivity index is 1.81. The number of hydrogen-bond acceptors (Lipinski definition) is 2. The second kappa shape index (κ2) is 6.50. The van der Waals surface area contributed by atoms with E-state index in [0.29, 0.717) is 22.5 Å². The fraction of sp³-hybridized carbons (Fsp3) is 0.364. The first-order valence-electron chi connectivity index (χ1n) is 9.64. The number of carbonyl (C=O) groups is 2. The molecular weight excluding hydrogens is 395 g/mol. The normalized spacial score (nSPS) is 29.2. The van der Waals surface area contributed by atoms with Gasteiger partial charge in [0.25, 0.3) is 0 Å². The van der Waals surface area contributed by atoms with Crippen LogP contribution in [-0.2, 0) is 15.0 Å². The van der Waals surface area contributed by atoms with Gasteiger partial charge in [0, 0.05) is 40.2 Å². The Morgan fingerprint density at radius 2 is 1.82 bits per heavy atom. The van der Waals surface area contributed by atoms with E-state index in [-0.39, 0.29) is 30.1 Å². The summed E-state index contributed by atoms with van der Waals surface area (Å²) < 4.78 is 0. The maximum Gasteiger partial charge on any atom is 0.236 e. The lowest BCUT2D eigenvalue weighted by Gasteiger charge is -2.41. The highest BCUT2D eigenvalue weighted by molar-refractivity contribution is 6.33. The molecule has 0 radical (unpaired) electrons. The van der Waals surface area contributed by atoms with Crippen molar-refractivity contribution in [3.8, 4) is 0 Å². The molecule has 6 heteroatoms. The first kappa shape index (κ1) is 18.0. The molecule has 2 fully saturated rings. The molecule has 1 saturated heterocycles. The van der Waals surface area contributed by atoms with Crippen LogP contribution in [0.5, 0.6) is 0 Å². The van der Waals surface area contributed by atoms with Crippen molar-refractivity contribution in [3.63, 3.8) is 0 Å². The number of anilines is 1. The van der Waals surface area contributed by atoms with Gasteiger partial charge in [0.15, 0.2) is 0 Å². The second-order valence-corrected chi connectivity index (χ2v) is 8.89. The predicted octanol–water partition coefficient (Wildman–Crippen LogP) is 4.51. The highest BCUT2D eigenvalue weighted by Crippen LogP contribution is 2.60. The van der Waals surface area contributed by atoms with Crippen LogP contribution in [0.4, 0.5) is 5.69 Å². The Morgan fingerprint density at radius 1 is 1.04 bits per heavy atom. The molecule has 2 aliphatic heterocycles. The molecule has 1 aliphatic carbocycles. The molecule has 2 aromatic carbocycles. The molecule has 3 atom stereocenters. The molecule has 2 heterocycles. The lowest BCUT2D eigenvalue weighted by atomic mass is 9.59. The van der Waals surface area contributed by atoms with Crippen LogP contribution in [0.1, 0.15) is 36.3 Å². The van der Waals surface area contributed by atoms with E-state index in [2.05, 4.69) is 10.6 Å². The molecule has 4 nitrogen and oxygen atoms in total. The summed E-state index contributed by atoms with van der Waals surface area (Å²) in [7, 11) is 0. The lowest BCUT2D eigenvalue weighted by Crippen LogP contribution is -2.49. The van der Waals surface area contributed by atoms with Gasteiger partial charge in [-0.1, -0.05) is 41.4 Å². The molecule has 28 heavy (non-hydrogen) atoms. The average molecular weight is 415 g/mol. The molecular formula is C22H20Cl2N2O2. The van der Waals surface area contributed by atoms with Gasteiger partial charge in [0.1, 0.15) is 0 Å². The van der Waals surface area contributed by atoms with Gasteiger partial charge in [-0.3, -0.25) is 9.59 Å². The van der Waals surface area contributed by atoms with Crippen molar-refractivity contribution in [2.24, 2.45) is 11.8 Å². The number of hydrogen-bond donors (Lipinski definition) is 2. The first-order chi connectivity index (χ1) is 13.5. The van der Waals surface area contributed by atoms with E-state index in [1.807, 2.05) is 42.5 Å². The number of carbonyl (C=O) groups excluding carboxylic acids is 2. The minimum absolute atomic E-state index is 0.0101. The highest BCUT2D eigenvalue weighted by atomic mass is 35.5. The van der Waals surface area contributed by atoms with Crippen LogP contribution in [0.2, 0.25) is 10.0 Å². The van der Waals surface area contributed by atoms with Crippen LogP contribution >= 0.6 is 23.2 Å². The molecule has 1 spiro atoms. The third kappa shape index (κ3) is 2.58. The third-order valence-corrected chi connectivity index (χ3v) is 7.09. The summed E-state index contributed by atoms with van der Waals surface area (Å²) in [4.78, 5) is 26.4. The molecule has 2 N–H and O–H groups in total. The SMILES string of the molecule is O=C1C[C@@H](c2cccc(Cl)c2)[C@]2(C(=O)Nc3cccc(Cl)c32)[C@@H](C2CC2)CN1. The van der Waals surface area contributed by atoms with Crippen LogP contribution in [0.25, 0.3) is 0 Å². The second-order valence-electron chi connectivity index (χ2n) is 8.05. The average Bonchev–Trinajstić information content (AvgIpc) is 3.45. The van der Waals surface area contributed by atoms with Crippen molar-refractivity contribution < 1.29 is 9.59 Å². The number of rotatable bonds is 2. The van der Waals surface area contributed by atoms with E-state index in [4.69, 9.17) is 23.2 Å². The largest absolute Gasteiger partial charge is 0.356 e. The Labute approximate surface area is 173 Å². The molecule has 1 saturated carbocycles. The zero-order valence-corrected chi connectivity index (χ0v) is 16.7. The third-order valence-electron chi connectivity index (χ3n) is 6.54. The lowest BCUT2D eigenvalue weighted by molar-refractivity contribution is -0.124. The monoisotopic (exact) mass is 414 g/mol. The van der Waals surface area contributed by atoms with E-state index < -0.39 is 5.41 Å². The van der Waals surface area contributed by atoms with Gasteiger partial charge in [-0.05, 0) is 54.5 Å². The number of fused-ring (bicyclic) bond motifs is 2. The first-order valence-corrected chi connectivity index (χ1v) is 10.4. The topological polar surface area (TPSA) is 58.2 Å². The van der Waals surface area contributed by atoms with Gasteiger partial charge >= 0.3 is 0 Å². The smallest absolute Gasteiger partial charge is 0.236 e. The Morgan fingerprint density at radius 3 is 2.57 bits per heavy atom. The fourth-order valence-electron chi connectivity index (χ4n) is 5.28. The molecule has 5 rings (SSSR count). The standard InChI is InChI=1S/C22H20Cl2N2O2/c23-14-4-1-3-13(9-14)15-10-19(27)25-11-16(12-7-8-12)22(15)20-17(24)5-2-6-18(20)26-21(22)28/h1-6,9,12,15-16H,7-8,10-11H2,(H,25,27)(H,26,28)/t15-,16+,22-/m0/s1. The van der Waals surface area contributed by atoms with Gasteiger partial charge in [-0.15, -0.1) is 0 Å². The maximum absolute atomic E-state index is 13.7. The van der Waals surface area contributed by atoms with Crippen molar-refractivity contribution in [1.82, 2.24) is 5.32 Å². The van der Waals surface area contributed by atoms with Crippen molar-refractivity contribution in [2.45, 2.75) is 30.6 Å². The van der Waals surface area contributed by atoms with E-state index >= 15 is 0 Å². The molecule has 0 aromatic heterocycles. The summed E-state index contributed by atoms with van der Waals surface area (Å²) in [6.07, 6.45) is 2.36. The quantitative estimate of drug-likeness (QED) is 0.758. The summed E-state index contributed by atoms with van der Waals surface area (Å²) >= 11 is 13.0. The summed E-state index contributed by atoms with van der Waals surface area (Å²) in [5.74, 6) is -0.0487. The van der Waals surface area contributed by atoms with Gasteiger partial charge in [-0.25, -0.2) is 0 Å². The van der Waals surface area contributed by atoms with E-state index in [0.717, 1.165) is 29.7 Å². The molecule has 0 bridgehead atoms. The summed E-state index contributed by atoms with van der Waals surface area (Å²) in [6, 6.07) is 13.1. The highest BCUT2D eigenvalue weighted by Gasteiger charge is 2.62. The molecule has 3 aliphatic rings. The van der Waals surface area contributed by atoms with E-state index in [9.17, 15) is 9.59 Å². The van der Waals surface area contributed by atoms with Crippen molar-refractivity contribution in [1.29, 1.82) is 0 Å². The van der Waals surface area contributed by atoms with Crippen molar-refractivity contribution in [2.75, 3.05) is 11.9 Å². The zero-order chi connectivity index (χ0) is 19.5. The van der Waals surface area contributed by atoms with Crippen molar-refractivity contribution in [3.05, 3.63) is 63.6 Å². The Kier molecular flexibility index (Phi) is 4.18. The number of benzene rings is 2. The Bertz CT molecular complexity index is 988.